The van der Waals surface area contributed by atoms with E-state index in [1.54, 1.807) is 12.1 Å². The Morgan fingerprint density at radius 3 is 2.48 bits per heavy atom. The summed E-state index contributed by atoms with van der Waals surface area (Å²) in [6.45, 7) is 8.49. The Hall–Kier alpha value is -1.36. The molecule has 1 atom stereocenters. The van der Waals surface area contributed by atoms with Gasteiger partial charge in [0.2, 0.25) is 5.91 Å². The van der Waals surface area contributed by atoms with Crippen molar-refractivity contribution in [3.63, 3.8) is 0 Å². The number of hydrogen-bond acceptors (Lipinski definition) is 2. The number of nitrogens with one attached hydrogen (secondary N) is 1. The highest BCUT2D eigenvalue weighted by Crippen LogP contribution is 2.26. The molecule has 0 aromatic heterocycles. The van der Waals surface area contributed by atoms with Gasteiger partial charge in [0.1, 0.15) is 0 Å². The Balaban J connectivity index is 2.67. The first-order chi connectivity index (χ1) is 9.58. The molecule has 1 unspecified atom stereocenters. The molecule has 5 heteroatoms. The smallest absolute Gasteiger partial charge is 0.336 e. The normalized spacial score (nSPS) is 12.8. The summed E-state index contributed by atoms with van der Waals surface area (Å²) >= 11 is 3.18. The average molecular weight is 356 g/mol. The van der Waals surface area contributed by atoms with E-state index in [0.717, 1.165) is 6.42 Å². The second-order valence-corrected chi connectivity index (χ2v) is 7.48. The number of carbonyl (C=O) groups excluding carboxylic acids is 1. The third kappa shape index (κ3) is 6.29. The van der Waals surface area contributed by atoms with Crippen LogP contribution < -0.4 is 5.32 Å². The van der Waals surface area contributed by atoms with E-state index >= 15 is 0 Å². The van der Waals surface area contributed by atoms with Gasteiger partial charge in [0.15, 0.2) is 0 Å². The number of halogens is 1. The fourth-order valence-electron chi connectivity index (χ4n) is 2.41. The largest absolute Gasteiger partial charge is 0.478 e. The molecule has 0 aliphatic carbocycles. The number of hydrogen-bond donors (Lipinski definition) is 2. The molecule has 0 heterocycles. The van der Waals surface area contributed by atoms with Gasteiger partial charge in [-0.15, -0.1) is 0 Å². The predicted molar refractivity (Wildman–Crippen MR) is 87.6 cm³/mol. The van der Waals surface area contributed by atoms with Gasteiger partial charge in [-0.1, -0.05) is 27.7 Å². The van der Waals surface area contributed by atoms with Gasteiger partial charge in [0, 0.05) is 16.6 Å². The van der Waals surface area contributed by atoms with Crippen LogP contribution in [-0.2, 0) is 4.79 Å². The molecular weight excluding hydrogens is 334 g/mol. The zero-order valence-electron chi connectivity index (χ0n) is 12.9. The Morgan fingerprint density at radius 2 is 1.95 bits per heavy atom. The molecule has 0 radical (unpaired) electrons. The molecule has 0 fully saturated rings. The minimum atomic E-state index is -1.03. The molecule has 0 saturated heterocycles. The van der Waals surface area contributed by atoms with Crippen molar-refractivity contribution in [1.82, 2.24) is 0 Å². The van der Waals surface area contributed by atoms with Crippen molar-refractivity contribution in [1.29, 1.82) is 0 Å². The van der Waals surface area contributed by atoms with E-state index in [1.807, 2.05) is 0 Å². The topological polar surface area (TPSA) is 66.4 Å². The quantitative estimate of drug-likeness (QED) is 0.814. The van der Waals surface area contributed by atoms with Gasteiger partial charge < -0.3 is 10.4 Å². The van der Waals surface area contributed by atoms with Crippen LogP contribution in [0.5, 0.6) is 0 Å². The van der Waals surface area contributed by atoms with Gasteiger partial charge in [-0.2, -0.15) is 0 Å². The van der Waals surface area contributed by atoms with Gasteiger partial charge in [0.05, 0.1) is 5.56 Å². The lowest BCUT2D eigenvalue weighted by Crippen LogP contribution is -2.19. The number of amides is 1. The van der Waals surface area contributed by atoms with Crippen LogP contribution in [0.4, 0.5) is 5.69 Å². The third-order valence-corrected chi connectivity index (χ3v) is 3.67. The number of aromatic carboxylic acids is 1. The number of benzene rings is 1. The SMILES string of the molecule is CC(CC(=O)Nc1ccc(Br)c(C(=O)O)c1)CC(C)(C)C. The van der Waals surface area contributed by atoms with Gasteiger partial charge in [-0.25, -0.2) is 4.79 Å². The first-order valence-corrected chi connectivity index (χ1v) is 7.70. The van der Waals surface area contributed by atoms with Gasteiger partial charge in [-0.05, 0) is 51.9 Å². The number of carbonyl (C=O) groups is 2. The van der Waals surface area contributed by atoms with Gasteiger partial charge in [0.25, 0.3) is 0 Å². The summed E-state index contributed by atoms with van der Waals surface area (Å²) in [6, 6.07) is 4.76. The fraction of sp³-hybridized carbons (Fsp3) is 0.500. The Kier molecular flexibility index (Phi) is 5.96. The number of carboxylic acid groups (broad SMARTS) is 1. The molecule has 0 bridgehead atoms. The maximum absolute atomic E-state index is 12.0. The lowest BCUT2D eigenvalue weighted by molar-refractivity contribution is -0.117. The molecule has 21 heavy (non-hydrogen) atoms. The second kappa shape index (κ2) is 7.07. The van der Waals surface area contributed by atoms with Crippen LogP contribution in [-0.4, -0.2) is 17.0 Å². The van der Waals surface area contributed by atoms with Crippen LogP contribution in [0, 0.1) is 11.3 Å². The standard InChI is InChI=1S/C16H22BrNO3/c1-10(9-16(2,3)4)7-14(19)18-11-5-6-13(17)12(8-11)15(20)21/h5-6,8,10H,7,9H2,1-4H3,(H,18,19)(H,20,21). The number of anilines is 1. The van der Waals surface area contributed by atoms with Crippen LogP contribution in [0.25, 0.3) is 0 Å². The summed E-state index contributed by atoms with van der Waals surface area (Å²) in [5.41, 5.74) is 0.826. The molecule has 0 spiro atoms. The van der Waals surface area contributed by atoms with Crippen molar-refractivity contribution >= 4 is 33.5 Å². The molecule has 0 aliphatic rings. The first-order valence-electron chi connectivity index (χ1n) is 6.91. The second-order valence-electron chi connectivity index (χ2n) is 6.62. The van der Waals surface area contributed by atoms with E-state index in [1.165, 1.54) is 6.07 Å². The van der Waals surface area contributed by atoms with Crippen molar-refractivity contribution in [2.75, 3.05) is 5.32 Å². The van der Waals surface area contributed by atoms with E-state index in [2.05, 4.69) is 48.9 Å². The molecule has 4 nitrogen and oxygen atoms in total. The monoisotopic (exact) mass is 355 g/mol. The van der Waals surface area contributed by atoms with E-state index in [9.17, 15) is 9.59 Å². The number of carboxylic acids is 1. The lowest BCUT2D eigenvalue weighted by atomic mass is 9.84. The Bertz CT molecular complexity index is 535. The molecule has 0 aliphatic heterocycles. The molecular formula is C16H22BrNO3. The molecule has 0 saturated carbocycles. The fourth-order valence-corrected chi connectivity index (χ4v) is 2.83. The molecule has 1 rings (SSSR count). The van der Waals surface area contributed by atoms with E-state index in [4.69, 9.17) is 5.11 Å². The molecule has 1 aromatic carbocycles. The first kappa shape index (κ1) is 17.7. The predicted octanol–water partition coefficient (Wildman–Crippen LogP) is 4.55. The highest BCUT2D eigenvalue weighted by Gasteiger charge is 2.18. The molecule has 2 N–H and O–H groups in total. The Labute approximate surface area is 134 Å². The van der Waals surface area contributed by atoms with Crippen molar-refractivity contribution in [2.24, 2.45) is 11.3 Å². The van der Waals surface area contributed by atoms with Gasteiger partial charge in [-0.3, -0.25) is 4.79 Å². The molecule has 1 amide bonds. The van der Waals surface area contributed by atoms with E-state index < -0.39 is 5.97 Å². The van der Waals surface area contributed by atoms with Crippen molar-refractivity contribution in [3.05, 3.63) is 28.2 Å². The minimum Gasteiger partial charge on any atom is -0.478 e. The third-order valence-electron chi connectivity index (χ3n) is 2.98. The average Bonchev–Trinajstić information content (AvgIpc) is 2.28. The van der Waals surface area contributed by atoms with Gasteiger partial charge >= 0.3 is 5.97 Å². The molecule has 116 valence electrons. The van der Waals surface area contributed by atoms with Crippen LogP contribution in [0.1, 0.15) is 50.9 Å². The highest BCUT2D eigenvalue weighted by molar-refractivity contribution is 9.10. The highest BCUT2D eigenvalue weighted by atomic mass is 79.9. The summed E-state index contributed by atoms with van der Waals surface area (Å²) in [5, 5.41) is 11.8. The van der Waals surface area contributed by atoms with Crippen molar-refractivity contribution in [2.45, 2.75) is 40.5 Å². The van der Waals surface area contributed by atoms with E-state index in [0.29, 0.717) is 16.6 Å². The van der Waals surface area contributed by atoms with Crippen molar-refractivity contribution < 1.29 is 14.7 Å². The summed E-state index contributed by atoms with van der Waals surface area (Å²) in [6.07, 6.45) is 1.39. The molecule has 1 aromatic rings. The minimum absolute atomic E-state index is 0.0922. The van der Waals surface area contributed by atoms with Crippen LogP contribution in [0.15, 0.2) is 22.7 Å². The zero-order valence-corrected chi connectivity index (χ0v) is 14.5. The van der Waals surface area contributed by atoms with Crippen LogP contribution in [0.3, 0.4) is 0 Å². The zero-order chi connectivity index (χ0) is 16.2. The lowest BCUT2D eigenvalue weighted by Gasteiger charge is -2.22. The summed E-state index contributed by atoms with van der Waals surface area (Å²) < 4.78 is 0.495. The number of rotatable bonds is 5. The summed E-state index contributed by atoms with van der Waals surface area (Å²) in [5.74, 6) is -0.844. The van der Waals surface area contributed by atoms with Crippen LogP contribution in [0.2, 0.25) is 0 Å². The Morgan fingerprint density at radius 1 is 1.33 bits per heavy atom. The maximum Gasteiger partial charge on any atom is 0.336 e. The van der Waals surface area contributed by atoms with E-state index in [-0.39, 0.29) is 22.8 Å². The van der Waals surface area contributed by atoms with Crippen molar-refractivity contribution in [3.8, 4) is 0 Å². The van der Waals surface area contributed by atoms with Crippen LogP contribution >= 0.6 is 15.9 Å². The summed E-state index contributed by atoms with van der Waals surface area (Å²) in [4.78, 5) is 23.1. The summed E-state index contributed by atoms with van der Waals surface area (Å²) in [7, 11) is 0. The maximum atomic E-state index is 12.0.